The van der Waals surface area contributed by atoms with Gasteiger partial charge in [0.05, 0.1) is 31.0 Å². The van der Waals surface area contributed by atoms with Gasteiger partial charge in [0, 0.05) is 11.8 Å². The topological polar surface area (TPSA) is 72.5 Å². The number of methoxy groups -OCH3 is 2. The molecule has 0 aliphatic rings. The zero-order valence-corrected chi connectivity index (χ0v) is 14.1. The van der Waals surface area contributed by atoms with E-state index >= 15 is 0 Å². The van der Waals surface area contributed by atoms with Gasteiger partial charge in [0.1, 0.15) is 0 Å². The summed E-state index contributed by atoms with van der Waals surface area (Å²) in [6, 6.07) is 13.1. The Kier molecular flexibility index (Phi) is 4.81. The Balaban J connectivity index is 1.61. The molecule has 124 valence electrons. The summed E-state index contributed by atoms with van der Waals surface area (Å²) in [6.07, 6.45) is 0. The molecule has 0 fully saturated rings. The van der Waals surface area contributed by atoms with E-state index < -0.39 is 0 Å². The summed E-state index contributed by atoms with van der Waals surface area (Å²) in [7, 11) is 3.12. The molecule has 0 atom stereocenters. The Hall–Kier alpha value is -2.80. The van der Waals surface area contributed by atoms with E-state index in [9.17, 15) is 4.79 Å². The maximum atomic E-state index is 12.1. The third-order valence-corrected chi connectivity index (χ3v) is 4.36. The summed E-state index contributed by atoms with van der Waals surface area (Å²) in [6.45, 7) is 0.133. The first-order chi connectivity index (χ1) is 11.7. The van der Waals surface area contributed by atoms with E-state index in [-0.39, 0.29) is 12.5 Å². The van der Waals surface area contributed by atoms with E-state index in [0.29, 0.717) is 17.2 Å². The van der Waals surface area contributed by atoms with Crippen LogP contribution in [0.15, 0.2) is 42.5 Å². The van der Waals surface area contributed by atoms with Crippen molar-refractivity contribution in [3.05, 3.63) is 42.5 Å². The molecule has 6 nitrogen and oxygen atoms in total. The number of benzene rings is 2. The number of nitrogens with zero attached hydrogens (tertiary/aromatic N) is 1. The van der Waals surface area contributed by atoms with Crippen molar-refractivity contribution in [2.24, 2.45) is 0 Å². The molecule has 1 amide bonds. The number of hydrogen-bond acceptors (Lipinski definition) is 6. The Morgan fingerprint density at radius 3 is 2.67 bits per heavy atom. The van der Waals surface area contributed by atoms with E-state index in [2.05, 4.69) is 15.6 Å². The molecule has 2 aromatic carbocycles. The molecule has 0 saturated heterocycles. The van der Waals surface area contributed by atoms with Crippen molar-refractivity contribution in [2.45, 2.75) is 0 Å². The maximum Gasteiger partial charge on any atom is 0.243 e. The average Bonchev–Trinajstić information content (AvgIpc) is 3.03. The van der Waals surface area contributed by atoms with E-state index in [1.54, 1.807) is 32.4 Å². The van der Waals surface area contributed by atoms with E-state index in [1.165, 1.54) is 11.3 Å². The van der Waals surface area contributed by atoms with E-state index in [0.717, 1.165) is 15.3 Å². The molecule has 1 heterocycles. The molecule has 0 unspecified atom stereocenters. The second-order valence-electron chi connectivity index (χ2n) is 4.96. The lowest BCUT2D eigenvalue weighted by atomic mass is 10.2. The lowest BCUT2D eigenvalue weighted by molar-refractivity contribution is -0.114. The smallest absolute Gasteiger partial charge is 0.243 e. The molecule has 0 saturated carbocycles. The molecule has 0 spiro atoms. The van der Waals surface area contributed by atoms with Gasteiger partial charge in [-0.2, -0.15) is 0 Å². The largest absolute Gasteiger partial charge is 0.493 e. The van der Waals surface area contributed by atoms with Crippen molar-refractivity contribution in [1.82, 2.24) is 4.98 Å². The monoisotopic (exact) mass is 343 g/mol. The van der Waals surface area contributed by atoms with Crippen LogP contribution in [-0.4, -0.2) is 31.7 Å². The fourth-order valence-electron chi connectivity index (χ4n) is 2.22. The highest BCUT2D eigenvalue weighted by Crippen LogP contribution is 2.29. The SMILES string of the molecule is COc1ccc(NC(=O)CNc2nc3ccccc3s2)cc1OC. The average molecular weight is 343 g/mol. The highest BCUT2D eigenvalue weighted by molar-refractivity contribution is 7.22. The minimum atomic E-state index is -0.165. The third kappa shape index (κ3) is 3.57. The number of anilines is 2. The number of carbonyl (C=O) groups is 1. The van der Waals surface area contributed by atoms with Gasteiger partial charge in [0.2, 0.25) is 5.91 Å². The number of rotatable bonds is 6. The molecule has 2 N–H and O–H groups in total. The number of fused-ring (bicyclic) bond motifs is 1. The molecular weight excluding hydrogens is 326 g/mol. The fourth-order valence-corrected chi connectivity index (χ4v) is 3.08. The van der Waals surface area contributed by atoms with Crippen LogP contribution in [0.2, 0.25) is 0 Å². The first-order valence-corrected chi connectivity index (χ1v) is 8.12. The number of nitrogens with one attached hydrogen (secondary N) is 2. The fraction of sp³-hybridized carbons (Fsp3) is 0.176. The predicted octanol–water partition coefficient (Wildman–Crippen LogP) is 3.36. The van der Waals surface area contributed by atoms with Crippen LogP contribution in [0.1, 0.15) is 0 Å². The second-order valence-corrected chi connectivity index (χ2v) is 5.99. The molecule has 0 aliphatic carbocycles. The lowest BCUT2D eigenvalue weighted by Gasteiger charge is -2.10. The molecule has 3 aromatic rings. The quantitative estimate of drug-likeness (QED) is 0.718. The number of hydrogen-bond donors (Lipinski definition) is 2. The highest BCUT2D eigenvalue weighted by Gasteiger charge is 2.09. The number of carbonyl (C=O) groups excluding carboxylic acids is 1. The zero-order chi connectivity index (χ0) is 16.9. The van der Waals surface area contributed by atoms with Gasteiger partial charge in [-0.15, -0.1) is 0 Å². The van der Waals surface area contributed by atoms with Gasteiger partial charge in [-0.05, 0) is 24.3 Å². The molecule has 24 heavy (non-hydrogen) atoms. The highest BCUT2D eigenvalue weighted by atomic mass is 32.1. The minimum Gasteiger partial charge on any atom is -0.493 e. The van der Waals surface area contributed by atoms with Crippen LogP contribution in [0.3, 0.4) is 0 Å². The standard InChI is InChI=1S/C17H17N3O3S/c1-22-13-8-7-11(9-14(13)23-2)19-16(21)10-18-17-20-12-5-3-4-6-15(12)24-17/h3-9H,10H2,1-2H3,(H,18,20)(H,19,21). The van der Waals surface area contributed by atoms with Crippen LogP contribution in [-0.2, 0) is 4.79 Å². The summed E-state index contributed by atoms with van der Waals surface area (Å²) >= 11 is 1.52. The summed E-state index contributed by atoms with van der Waals surface area (Å²) in [4.78, 5) is 16.5. The summed E-state index contributed by atoms with van der Waals surface area (Å²) in [5.41, 5.74) is 1.56. The van der Waals surface area contributed by atoms with Crippen molar-refractivity contribution in [3.8, 4) is 11.5 Å². The minimum absolute atomic E-state index is 0.133. The molecule has 0 bridgehead atoms. The Morgan fingerprint density at radius 1 is 1.12 bits per heavy atom. The van der Waals surface area contributed by atoms with Gasteiger partial charge < -0.3 is 20.1 Å². The Morgan fingerprint density at radius 2 is 1.92 bits per heavy atom. The number of thiazole rings is 1. The number of aromatic nitrogens is 1. The molecule has 7 heteroatoms. The first kappa shape index (κ1) is 16.1. The maximum absolute atomic E-state index is 12.1. The third-order valence-electron chi connectivity index (χ3n) is 3.36. The van der Waals surface area contributed by atoms with Crippen molar-refractivity contribution in [2.75, 3.05) is 31.4 Å². The first-order valence-electron chi connectivity index (χ1n) is 7.31. The molecule has 3 rings (SSSR count). The van der Waals surface area contributed by atoms with Gasteiger partial charge in [0.25, 0.3) is 0 Å². The summed E-state index contributed by atoms with van der Waals surface area (Å²) in [5, 5.41) is 6.58. The number of para-hydroxylation sites is 1. The van der Waals surface area contributed by atoms with Gasteiger partial charge >= 0.3 is 0 Å². The summed E-state index contributed by atoms with van der Waals surface area (Å²) in [5.74, 6) is 1.01. The number of amides is 1. The van der Waals surface area contributed by atoms with Crippen molar-refractivity contribution in [1.29, 1.82) is 0 Å². The lowest BCUT2D eigenvalue weighted by Crippen LogP contribution is -2.21. The van der Waals surface area contributed by atoms with Gasteiger partial charge in [0.15, 0.2) is 16.6 Å². The van der Waals surface area contributed by atoms with E-state index in [1.807, 2.05) is 24.3 Å². The Labute approximate surface area is 143 Å². The molecule has 1 aromatic heterocycles. The number of ether oxygens (including phenoxy) is 2. The van der Waals surface area contributed by atoms with E-state index in [4.69, 9.17) is 9.47 Å². The molecule has 0 radical (unpaired) electrons. The van der Waals surface area contributed by atoms with Crippen molar-refractivity contribution >= 4 is 38.3 Å². The van der Waals surface area contributed by atoms with Crippen LogP contribution >= 0.6 is 11.3 Å². The molecular formula is C17H17N3O3S. The van der Waals surface area contributed by atoms with Crippen LogP contribution < -0.4 is 20.1 Å². The Bertz CT molecular complexity index is 830. The van der Waals surface area contributed by atoms with Gasteiger partial charge in [-0.3, -0.25) is 4.79 Å². The van der Waals surface area contributed by atoms with Crippen LogP contribution in [0.5, 0.6) is 11.5 Å². The van der Waals surface area contributed by atoms with Gasteiger partial charge in [-0.25, -0.2) is 4.98 Å². The summed E-state index contributed by atoms with van der Waals surface area (Å²) < 4.78 is 11.5. The van der Waals surface area contributed by atoms with Crippen LogP contribution in [0.25, 0.3) is 10.2 Å². The zero-order valence-electron chi connectivity index (χ0n) is 13.3. The van der Waals surface area contributed by atoms with Crippen LogP contribution in [0.4, 0.5) is 10.8 Å². The van der Waals surface area contributed by atoms with Crippen LogP contribution in [0, 0.1) is 0 Å². The van der Waals surface area contributed by atoms with Crippen molar-refractivity contribution in [3.63, 3.8) is 0 Å². The molecule has 0 aliphatic heterocycles. The normalized spacial score (nSPS) is 10.4. The predicted molar refractivity (Wildman–Crippen MR) is 96.3 cm³/mol. The second kappa shape index (κ2) is 7.18. The van der Waals surface area contributed by atoms with Gasteiger partial charge in [-0.1, -0.05) is 23.5 Å². The van der Waals surface area contributed by atoms with Crippen molar-refractivity contribution < 1.29 is 14.3 Å².